The summed E-state index contributed by atoms with van der Waals surface area (Å²) in [5, 5.41) is 30.0. The molecule has 9 heteroatoms. The Morgan fingerprint density at radius 3 is 2.66 bits per heavy atom. The van der Waals surface area contributed by atoms with Gasteiger partial charge in [-0.1, -0.05) is 6.07 Å². The lowest BCUT2D eigenvalue weighted by Gasteiger charge is -2.10. The number of nitrogens with one attached hydrogen (secondary N) is 1. The van der Waals surface area contributed by atoms with Crippen molar-refractivity contribution in [2.75, 3.05) is 11.9 Å². The molecule has 2 aromatic heterocycles. The number of pyridine rings is 1. The zero-order chi connectivity index (χ0) is 20.8. The van der Waals surface area contributed by atoms with E-state index in [0.29, 0.717) is 11.5 Å². The molecular formula is C20H18F2N4O3. The second-order valence-corrected chi connectivity index (χ2v) is 6.26. The maximum absolute atomic E-state index is 14.0. The number of hydrogen-bond donors (Lipinski definition) is 3. The maximum atomic E-state index is 14.0. The SMILES string of the molecule is O=C(O)c1cccc(-c2ccc(NCC[C@H](F)Cc3ncccc3F)nn2)c1O. The van der Waals surface area contributed by atoms with Gasteiger partial charge in [0.2, 0.25) is 0 Å². The molecule has 0 aliphatic carbocycles. The van der Waals surface area contributed by atoms with Crippen molar-refractivity contribution < 1.29 is 23.8 Å². The summed E-state index contributed by atoms with van der Waals surface area (Å²) >= 11 is 0. The van der Waals surface area contributed by atoms with Crippen LogP contribution in [0.4, 0.5) is 14.6 Å². The van der Waals surface area contributed by atoms with Gasteiger partial charge >= 0.3 is 5.97 Å². The maximum Gasteiger partial charge on any atom is 0.339 e. The van der Waals surface area contributed by atoms with E-state index in [1.165, 1.54) is 36.5 Å². The van der Waals surface area contributed by atoms with E-state index in [0.717, 1.165) is 0 Å². The Labute approximate surface area is 165 Å². The molecule has 3 N–H and O–H groups in total. The molecule has 2 heterocycles. The molecule has 7 nitrogen and oxygen atoms in total. The smallest absolute Gasteiger partial charge is 0.339 e. The van der Waals surface area contributed by atoms with Crippen LogP contribution in [0.5, 0.6) is 5.75 Å². The predicted octanol–water partition coefficient (Wildman–Crippen LogP) is 3.46. The first-order chi connectivity index (χ1) is 14.0. The van der Waals surface area contributed by atoms with Gasteiger partial charge in [0.1, 0.15) is 29.1 Å². The molecule has 0 aliphatic rings. The van der Waals surface area contributed by atoms with E-state index in [2.05, 4.69) is 20.5 Å². The highest BCUT2D eigenvalue weighted by Crippen LogP contribution is 2.30. The lowest BCUT2D eigenvalue weighted by molar-refractivity contribution is 0.0694. The Kier molecular flexibility index (Phi) is 6.28. The van der Waals surface area contributed by atoms with Gasteiger partial charge in [-0.2, -0.15) is 0 Å². The van der Waals surface area contributed by atoms with Gasteiger partial charge in [-0.3, -0.25) is 4.98 Å². The summed E-state index contributed by atoms with van der Waals surface area (Å²) in [5.74, 6) is -1.78. The molecule has 3 aromatic rings. The third-order valence-electron chi connectivity index (χ3n) is 4.22. The Balaban J connectivity index is 1.57. The number of rotatable bonds is 8. The number of aromatic hydroxyl groups is 1. The highest BCUT2D eigenvalue weighted by atomic mass is 19.1. The average Bonchev–Trinajstić information content (AvgIpc) is 2.70. The van der Waals surface area contributed by atoms with Crippen LogP contribution < -0.4 is 5.32 Å². The number of carbonyl (C=O) groups is 1. The number of aromatic carboxylic acids is 1. The summed E-state index contributed by atoms with van der Waals surface area (Å²) in [7, 11) is 0. The Morgan fingerprint density at radius 2 is 1.97 bits per heavy atom. The van der Waals surface area contributed by atoms with Gasteiger partial charge in [0.25, 0.3) is 0 Å². The molecule has 3 rings (SSSR count). The predicted molar refractivity (Wildman–Crippen MR) is 102 cm³/mol. The van der Waals surface area contributed by atoms with E-state index in [4.69, 9.17) is 5.11 Å². The standard InChI is InChI=1S/C20H18F2N4O3/c21-12(11-17-15(22)5-2-9-23-17)8-10-24-18-7-6-16(25-26-18)13-3-1-4-14(19(13)27)20(28)29/h1-7,9,12,27H,8,10-11H2,(H,24,26)(H,28,29)/t12-/m0/s1. The average molecular weight is 400 g/mol. The topological polar surface area (TPSA) is 108 Å². The van der Waals surface area contributed by atoms with Crippen LogP contribution in [0.3, 0.4) is 0 Å². The van der Waals surface area contributed by atoms with Gasteiger partial charge in [0.05, 0.1) is 11.4 Å². The Morgan fingerprint density at radius 1 is 1.14 bits per heavy atom. The molecule has 150 valence electrons. The van der Waals surface area contributed by atoms with E-state index >= 15 is 0 Å². The Bertz CT molecular complexity index is 999. The van der Waals surface area contributed by atoms with E-state index in [-0.39, 0.29) is 36.2 Å². The minimum Gasteiger partial charge on any atom is -0.506 e. The van der Waals surface area contributed by atoms with Crippen molar-refractivity contribution >= 4 is 11.8 Å². The van der Waals surface area contributed by atoms with Gasteiger partial charge in [-0.25, -0.2) is 13.6 Å². The number of para-hydroxylation sites is 1. The fourth-order valence-electron chi connectivity index (χ4n) is 2.73. The van der Waals surface area contributed by atoms with Gasteiger partial charge in [0.15, 0.2) is 0 Å². The second kappa shape index (κ2) is 9.05. The third kappa shape index (κ3) is 5.01. The van der Waals surface area contributed by atoms with E-state index in [9.17, 15) is 18.7 Å². The number of aromatic nitrogens is 3. The minimum absolute atomic E-state index is 0.0903. The van der Waals surface area contributed by atoms with Gasteiger partial charge < -0.3 is 15.5 Å². The van der Waals surface area contributed by atoms with Crippen molar-refractivity contribution in [3.63, 3.8) is 0 Å². The number of anilines is 1. The fraction of sp³-hybridized carbons (Fsp3) is 0.200. The highest BCUT2D eigenvalue weighted by Gasteiger charge is 2.15. The second-order valence-electron chi connectivity index (χ2n) is 6.26. The number of hydrogen-bond acceptors (Lipinski definition) is 6. The van der Waals surface area contributed by atoms with Crippen molar-refractivity contribution in [3.8, 4) is 17.0 Å². The number of nitrogens with zero attached hydrogens (tertiary/aromatic N) is 3. The molecule has 1 aromatic carbocycles. The molecule has 29 heavy (non-hydrogen) atoms. The third-order valence-corrected chi connectivity index (χ3v) is 4.22. The summed E-state index contributed by atoms with van der Waals surface area (Å²) in [6.45, 7) is 0.253. The first-order valence-corrected chi connectivity index (χ1v) is 8.82. The van der Waals surface area contributed by atoms with Crippen LogP contribution in [0.2, 0.25) is 0 Å². The number of phenols is 1. The van der Waals surface area contributed by atoms with E-state index < -0.39 is 23.7 Å². The van der Waals surface area contributed by atoms with E-state index in [1.807, 2.05) is 0 Å². The van der Waals surface area contributed by atoms with Crippen LogP contribution in [0.15, 0.2) is 48.7 Å². The first kappa shape index (κ1) is 20.1. The first-order valence-electron chi connectivity index (χ1n) is 8.82. The largest absolute Gasteiger partial charge is 0.506 e. The molecule has 0 bridgehead atoms. The van der Waals surface area contributed by atoms with Crippen molar-refractivity contribution in [3.05, 3.63) is 65.7 Å². The van der Waals surface area contributed by atoms with Gasteiger partial charge in [-0.05, 0) is 42.8 Å². The van der Waals surface area contributed by atoms with Crippen molar-refractivity contribution in [1.82, 2.24) is 15.2 Å². The van der Waals surface area contributed by atoms with Crippen LogP contribution in [-0.4, -0.2) is 44.1 Å². The Hall–Kier alpha value is -3.62. The lowest BCUT2D eigenvalue weighted by atomic mass is 10.1. The van der Waals surface area contributed by atoms with Crippen molar-refractivity contribution in [2.24, 2.45) is 0 Å². The zero-order valence-electron chi connectivity index (χ0n) is 15.2. The van der Waals surface area contributed by atoms with Gasteiger partial charge in [0, 0.05) is 24.7 Å². The van der Waals surface area contributed by atoms with Crippen LogP contribution in [-0.2, 0) is 6.42 Å². The van der Waals surface area contributed by atoms with Crippen LogP contribution >= 0.6 is 0 Å². The molecule has 1 atom stereocenters. The summed E-state index contributed by atoms with van der Waals surface area (Å²) in [6, 6.07) is 10.2. The monoisotopic (exact) mass is 400 g/mol. The van der Waals surface area contributed by atoms with Crippen LogP contribution in [0, 0.1) is 5.82 Å². The number of carboxylic acids is 1. The summed E-state index contributed by atoms with van der Waals surface area (Å²) in [5.41, 5.74) is 0.396. The molecular weight excluding hydrogens is 382 g/mol. The van der Waals surface area contributed by atoms with E-state index in [1.54, 1.807) is 12.1 Å². The molecule has 0 spiro atoms. The van der Waals surface area contributed by atoms with Crippen molar-refractivity contribution in [2.45, 2.75) is 19.0 Å². The molecule has 0 saturated carbocycles. The minimum atomic E-state index is -1.27. The summed E-state index contributed by atoms with van der Waals surface area (Å²) in [6.07, 6.45) is 0.165. The van der Waals surface area contributed by atoms with Crippen LogP contribution in [0.25, 0.3) is 11.3 Å². The highest BCUT2D eigenvalue weighted by molar-refractivity contribution is 5.93. The molecule has 0 fully saturated rings. The molecule has 0 amide bonds. The quantitative estimate of drug-likeness (QED) is 0.531. The van der Waals surface area contributed by atoms with Gasteiger partial charge in [-0.15, -0.1) is 10.2 Å². The molecule has 0 unspecified atom stereocenters. The summed E-state index contributed by atoms with van der Waals surface area (Å²) in [4.78, 5) is 14.9. The number of alkyl halides is 1. The zero-order valence-corrected chi connectivity index (χ0v) is 15.2. The molecule has 0 saturated heterocycles. The number of halogens is 2. The number of carboxylic acid groups (broad SMARTS) is 1. The van der Waals surface area contributed by atoms with Crippen LogP contribution in [0.1, 0.15) is 22.5 Å². The van der Waals surface area contributed by atoms with Crippen molar-refractivity contribution in [1.29, 1.82) is 0 Å². The lowest BCUT2D eigenvalue weighted by Crippen LogP contribution is -2.14. The fourth-order valence-corrected chi connectivity index (χ4v) is 2.73. The summed E-state index contributed by atoms with van der Waals surface area (Å²) < 4.78 is 27.5. The number of benzene rings is 1. The molecule has 0 aliphatic heterocycles. The normalized spacial score (nSPS) is 11.8. The molecule has 0 radical (unpaired) electrons.